The second kappa shape index (κ2) is 9.10. The van der Waals surface area contributed by atoms with Crippen LogP contribution in [0.4, 0.5) is 5.69 Å². The maximum atomic E-state index is 13.4. The van der Waals surface area contributed by atoms with E-state index in [1.165, 1.54) is 19.2 Å². The Kier molecular flexibility index (Phi) is 7.07. The van der Waals surface area contributed by atoms with E-state index in [1.807, 2.05) is 33.8 Å². The Morgan fingerprint density at radius 3 is 2.32 bits per heavy atom. The van der Waals surface area contributed by atoms with E-state index in [0.717, 1.165) is 9.87 Å². The molecule has 2 rings (SSSR count). The van der Waals surface area contributed by atoms with Crippen LogP contribution in [0.2, 0.25) is 0 Å². The van der Waals surface area contributed by atoms with Crippen LogP contribution in [0, 0.1) is 12.8 Å². The smallest absolute Gasteiger partial charge is 0.264 e. The standard InChI is InChI=1S/C21H28N2O4S/c1-15(2)17(4)22-21(24)14-23(19-13-16(3)11-12-20(19)27-5)28(25,26)18-9-7-6-8-10-18/h6-13,15,17H,14H2,1-5H3,(H,22,24)/t17-/m0/s1. The zero-order valence-electron chi connectivity index (χ0n) is 17.0. The third-order valence-corrected chi connectivity index (χ3v) is 6.38. The summed E-state index contributed by atoms with van der Waals surface area (Å²) in [7, 11) is -2.49. The van der Waals surface area contributed by atoms with Crippen LogP contribution in [0.15, 0.2) is 53.4 Å². The molecule has 0 aliphatic carbocycles. The lowest BCUT2D eigenvalue weighted by molar-refractivity contribution is -0.120. The quantitative estimate of drug-likeness (QED) is 0.732. The van der Waals surface area contributed by atoms with Crippen molar-refractivity contribution >= 4 is 21.6 Å². The molecule has 28 heavy (non-hydrogen) atoms. The molecule has 0 unspecified atom stereocenters. The summed E-state index contributed by atoms with van der Waals surface area (Å²) in [5.74, 6) is 0.246. The zero-order valence-corrected chi connectivity index (χ0v) is 17.8. The number of benzene rings is 2. The third kappa shape index (κ3) is 5.04. The summed E-state index contributed by atoms with van der Waals surface area (Å²) in [5.41, 5.74) is 1.19. The highest BCUT2D eigenvalue weighted by atomic mass is 32.2. The highest BCUT2D eigenvalue weighted by Gasteiger charge is 2.30. The highest BCUT2D eigenvalue weighted by molar-refractivity contribution is 7.92. The summed E-state index contributed by atoms with van der Waals surface area (Å²) >= 11 is 0. The SMILES string of the molecule is COc1ccc(C)cc1N(CC(=O)N[C@@H](C)C(C)C)S(=O)(=O)c1ccccc1. The number of rotatable bonds is 8. The van der Waals surface area contributed by atoms with Crippen LogP contribution >= 0.6 is 0 Å². The van der Waals surface area contributed by atoms with Crippen LogP contribution in [0.1, 0.15) is 26.3 Å². The maximum Gasteiger partial charge on any atom is 0.264 e. The second-order valence-corrected chi connectivity index (χ2v) is 8.96. The van der Waals surface area contributed by atoms with Crippen LogP contribution in [-0.4, -0.2) is 34.0 Å². The maximum absolute atomic E-state index is 13.4. The van der Waals surface area contributed by atoms with Gasteiger partial charge in [0, 0.05) is 6.04 Å². The van der Waals surface area contributed by atoms with E-state index in [2.05, 4.69) is 5.32 Å². The lowest BCUT2D eigenvalue weighted by Crippen LogP contribution is -2.45. The average molecular weight is 405 g/mol. The molecule has 1 atom stereocenters. The van der Waals surface area contributed by atoms with Crippen molar-refractivity contribution in [3.63, 3.8) is 0 Å². The number of carbonyl (C=O) groups excluding carboxylic acids is 1. The van der Waals surface area contributed by atoms with Crippen molar-refractivity contribution in [1.82, 2.24) is 5.32 Å². The van der Waals surface area contributed by atoms with Gasteiger partial charge in [-0.25, -0.2) is 8.42 Å². The molecule has 6 nitrogen and oxygen atoms in total. The van der Waals surface area contributed by atoms with Crippen molar-refractivity contribution < 1.29 is 17.9 Å². The molecule has 1 N–H and O–H groups in total. The van der Waals surface area contributed by atoms with Crippen LogP contribution in [0.25, 0.3) is 0 Å². The minimum absolute atomic E-state index is 0.0758. The molecular formula is C21H28N2O4S. The Bertz CT molecular complexity index is 911. The van der Waals surface area contributed by atoms with Crippen molar-refractivity contribution in [2.75, 3.05) is 18.0 Å². The molecule has 0 saturated carbocycles. The summed E-state index contributed by atoms with van der Waals surface area (Å²) in [5, 5.41) is 2.87. The molecule has 0 aliphatic rings. The number of nitrogens with zero attached hydrogens (tertiary/aromatic N) is 1. The van der Waals surface area contributed by atoms with E-state index >= 15 is 0 Å². The number of methoxy groups -OCH3 is 1. The molecule has 0 spiro atoms. The topological polar surface area (TPSA) is 75.7 Å². The number of aryl methyl sites for hydroxylation is 1. The van der Waals surface area contributed by atoms with Gasteiger partial charge in [0.1, 0.15) is 12.3 Å². The first-order valence-electron chi connectivity index (χ1n) is 9.18. The monoisotopic (exact) mass is 404 g/mol. The van der Waals surface area contributed by atoms with E-state index < -0.39 is 10.0 Å². The molecule has 2 aromatic carbocycles. The zero-order chi connectivity index (χ0) is 20.9. The van der Waals surface area contributed by atoms with Crippen molar-refractivity contribution in [3.05, 3.63) is 54.1 Å². The van der Waals surface area contributed by atoms with Gasteiger partial charge in [0.15, 0.2) is 0 Å². The summed E-state index contributed by atoms with van der Waals surface area (Å²) in [6.07, 6.45) is 0. The first kappa shape index (κ1) is 21.8. The van der Waals surface area contributed by atoms with Gasteiger partial charge in [-0.3, -0.25) is 9.10 Å². The molecule has 0 aliphatic heterocycles. The van der Waals surface area contributed by atoms with Crippen LogP contribution in [0.3, 0.4) is 0 Å². The number of nitrogens with one attached hydrogen (secondary N) is 1. The summed E-state index contributed by atoms with van der Waals surface area (Å²) in [6, 6.07) is 13.2. The molecule has 0 heterocycles. The molecule has 7 heteroatoms. The molecule has 0 saturated heterocycles. The van der Waals surface area contributed by atoms with Gasteiger partial charge in [-0.05, 0) is 49.6 Å². The van der Waals surface area contributed by atoms with Gasteiger partial charge in [-0.15, -0.1) is 0 Å². The Labute approximate surface area is 167 Å². The van der Waals surface area contributed by atoms with Gasteiger partial charge >= 0.3 is 0 Å². The first-order chi connectivity index (χ1) is 13.2. The summed E-state index contributed by atoms with van der Waals surface area (Å²) in [4.78, 5) is 12.8. The van der Waals surface area contributed by atoms with Crippen LogP contribution < -0.4 is 14.4 Å². The highest BCUT2D eigenvalue weighted by Crippen LogP contribution is 2.33. The van der Waals surface area contributed by atoms with E-state index in [-0.39, 0.29) is 29.3 Å². The number of anilines is 1. The number of ether oxygens (including phenoxy) is 1. The molecular weight excluding hydrogens is 376 g/mol. The Morgan fingerprint density at radius 2 is 1.75 bits per heavy atom. The van der Waals surface area contributed by atoms with Crippen molar-refractivity contribution in [2.45, 2.75) is 38.6 Å². The van der Waals surface area contributed by atoms with Crippen LogP contribution in [-0.2, 0) is 14.8 Å². The van der Waals surface area contributed by atoms with Gasteiger partial charge in [-0.1, -0.05) is 38.1 Å². The normalized spacial score (nSPS) is 12.5. The fourth-order valence-corrected chi connectivity index (χ4v) is 4.06. The largest absolute Gasteiger partial charge is 0.495 e. The van der Waals surface area contributed by atoms with Crippen molar-refractivity contribution in [3.8, 4) is 5.75 Å². The minimum atomic E-state index is -3.96. The fourth-order valence-electron chi connectivity index (χ4n) is 2.61. The average Bonchev–Trinajstić information content (AvgIpc) is 2.66. The molecule has 0 aromatic heterocycles. The van der Waals surface area contributed by atoms with E-state index in [9.17, 15) is 13.2 Å². The van der Waals surface area contributed by atoms with Gasteiger partial charge in [0.25, 0.3) is 10.0 Å². The molecule has 1 amide bonds. The van der Waals surface area contributed by atoms with Crippen molar-refractivity contribution in [2.24, 2.45) is 5.92 Å². The number of sulfonamides is 1. The first-order valence-corrected chi connectivity index (χ1v) is 10.6. The van der Waals surface area contributed by atoms with E-state index in [1.54, 1.807) is 30.3 Å². The number of hydrogen-bond acceptors (Lipinski definition) is 4. The molecule has 0 fully saturated rings. The second-order valence-electron chi connectivity index (χ2n) is 7.10. The minimum Gasteiger partial charge on any atom is -0.495 e. The number of carbonyl (C=O) groups is 1. The van der Waals surface area contributed by atoms with Gasteiger partial charge in [-0.2, -0.15) is 0 Å². The summed E-state index contributed by atoms with van der Waals surface area (Å²) in [6.45, 7) is 7.40. The predicted octanol–water partition coefficient (Wildman–Crippen LogP) is 3.36. The predicted molar refractivity (Wildman–Crippen MR) is 111 cm³/mol. The third-order valence-electron chi connectivity index (χ3n) is 4.61. The fraction of sp³-hybridized carbons (Fsp3) is 0.381. The lowest BCUT2D eigenvalue weighted by atomic mass is 10.1. The number of amides is 1. The van der Waals surface area contributed by atoms with Gasteiger partial charge < -0.3 is 10.1 Å². The Balaban J connectivity index is 2.51. The van der Waals surface area contributed by atoms with E-state index in [0.29, 0.717) is 11.4 Å². The molecule has 152 valence electrons. The van der Waals surface area contributed by atoms with Crippen molar-refractivity contribution in [1.29, 1.82) is 0 Å². The van der Waals surface area contributed by atoms with E-state index in [4.69, 9.17) is 4.74 Å². The summed E-state index contributed by atoms with van der Waals surface area (Å²) < 4.78 is 33.2. The van der Waals surface area contributed by atoms with Crippen LogP contribution in [0.5, 0.6) is 5.75 Å². The molecule has 2 aromatic rings. The number of hydrogen-bond donors (Lipinski definition) is 1. The van der Waals surface area contributed by atoms with Gasteiger partial charge in [0.05, 0.1) is 17.7 Å². The van der Waals surface area contributed by atoms with Gasteiger partial charge in [0.2, 0.25) is 5.91 Å². The molecule has 0 bridgehead atoms. The Hall–Kier alpha value is -2.54. The lowest BCUT2D eigenvalue weighted by Gasteiger charge is -2.27. The Morgan fingerprint density at radius 1 is 1.11 bits per heavy atom. The molecule has 0 radical (unpaired) electrons.